The minimum Gasteiger partial charge on any atom is -0.288 e. The molecule has 16 heavy (non-hydrogen) atoms. The van der Waals surface area contributed by atoms with Gasteiger partial charge in [0.2, 0.25) is 0 Å². The lowest BCUT2D eigenvalue weighted by Gasteiger charge is -1.89. The van der Waals surface area contributed by atoms with Crippen LogP contribution in [0.3, 0.4) is 0 Å². The monoisotopic (exact) mass is 208 g/mol. The third-order valence-corrected chi connectivity index (χ3v) is 2.57. The Morgan fingerprint density at radius 3 is 1.75 bits per heavy atom. The zero-order chi connectivity index (χ0) is 11.0. The van der Waals surface area contributed by atoms with E-state index in [2.05, 4.69) is 9.97 Å². The highest BCUT2D eigenvalue weighted by Crippen LogP contribution is 2.10. The number of nitrogens with zero attached hydrogens (tertiary/aromatic N) is 2. The molecule has 0 saturated heterocycles. The summed E-state index contributed by atoms with van der Waals surface area (Å²) in [5.74, 6) is 0. The van der Waals surface area contributed by atoms with Crippen LogP contribution in [0.4, 0.5) is 0 Å². The molecule has 3 nitrogen and oxygen atoms in total. The van der Waals surface area contributed by atoms with Crippen molar-refractivity contribution in [2.45, 2.75) is 0 Å². The van der Waals surface area contributed by atoms with Gasteiger partial charge >= 0.3 is 0 Å². The molecule has 2 aromatic heterocycles. The number of pyridine rings is 2. The third kappa shape index (κ3) is 1.26. The molecule has 0 aliphatic carbocycles. The lowest BCUT2D eigenvalue weighted by atomic mass is 10.2. The van der Waals surface area contributed by atoms with Crippen molar-refractivity contribution in [2.75, 3.05) is 0 Å². The normalized spacial score (nSPS) is 10.8. The molecule has 0 spiro atoms. The van der Waals surface area contributed by atoms with Crippen molar-refractivity contribution in [3.05, 3.63) is 59.0 Å². The zero-order valence-electron chi connectivity index (χ0n) is 8.42. The smallest absolute Gasteiger partial charge is 0.197 e. The van der Waals surface area contributed by atoms with Gasteiger partial charge < -0.3 is 0 Å². The Morgan fingerprint density at radius 2 is 1.25 bits per heavy atom. The van der Waals surface area contributed by atoms with Crippen LogP contribution in [-0.2, 0) is 0 Å². The van der Waals surface area contributed by atoms with E-state index in [-0.39, 0.29) is 5.43 Å². The highest BCUT2D eigenvalue weighted by atomic mass is 16.1. The van der Waals surface area contributed by atoms with Crippen LogP contribution in [0.1, 0.15) is 0 Å². The highest BCUT2D eigenvalue weighted by molar-refractivity contribution is 5.89. The molecule has 0 saturated carbocycles. The molecule has 0 unspecified atom stereocenters. The van der Waals surface area contributed by atoms with Crippen molar-refractivity contribution in [3.63, 3.8) is 0 Å². The van der Waals surface area contributed by atoms with E-state index in [0.29, 0.717) is 21.8 Å². The first-order chi connectivity index (χ1) is 7.86. The largest absolute Gasteiger partial charge is 0.288 e. The molecule has 0 aliphatic heterocycles. The molecule has 76 valence electrons. The maximum absolute atomic E-state index is 12.2. The number of hydrogen-bond donors (Lipinski definition) is 0. The molecule has 3 rings (SSSR count). The van der Waals surface area contributed by atoms with Gasteiger partial charge in [-0.15, -0.1) is 0 Å². The van der Waals surface area contributed by atoms with Crippen LogP contribution in [0.2, 0.25) is 0 Å². The third-order valence-electron chi connectivity index (χ3n) is 2.57. The maximum atomic E-state index is 12.2. The van der Waals surface area contributed by atoms with Crippen LogP contribution in [-0.4, -0.2) is 9.97 Å². The Kier molecular flexibility index (Phi) is 1.90. The number of hydrogen-bond acceptors (Lipinski definition) is 3. The molecule has 0 N–H and O–H groups in total. The van der Waals surface area contributed by atoms with Gasteiger partial charge in [0.05, 0.1) is 11.0 Å². The van der Waals surface area contributed by atoms with E-state index in [9.17, 15) is 4.79 Å². The second kappa shape index (κ2) is 3.38. The Hall–Kier alpha value is -2.29. The van der Waals surface area contributed by atoms with Crippen LogP contribution in [0, 0.1) is 0 Å². The van der Waals surface area contributed by atoms with E-state index in [0.717, 1.165) is 0 Å². The molecule has 0 fully saturated rings. The molecule has 0 radical (unpaired) electrons. The Bertz CT molecular complexity index is 676. The number of aromatic nitrogens is 2. The summed E-state index contributed by atoms with van der Waals surface area (Å²) < 4.78 is 0. The molecule has 1 aromatic carbocycles. The van der Waals surface area contributed by atoms with Gasteiger partial charge in [0.25, 0.3) is 0 Å². The van der Waals surface area contributed by atoms with Crippen molar-refractivity contribution in [3.8, 4) is 0 Å². The fourth-order valence-electron chi connectivity index (χ4n) is 1.79. The van der Waals surface area contributed by atoms with Gasteiger partial charge in [-0.1, -0.05) is 0 Å². The van der Waals surface area contributed by atoms with Crippen molar-refractivity contribution in [1.82, 2.24) is 9.97 Å². The molecular formula is C13H8N2O. The Balaban J connectivity index is 2.69. The van der Waals surface area contributed by atoms with Crippen molar-refractivity contribution in [1.29, 1.82) is 0 Å². The SMILES string of the molecule is O=c1c2cccnc2ccc2ncccc12. The summed E-state index contributed by atoms with van der Waals surface area (Å²) in [7, 11) is 0. The molecule has 2 heterocycles. The van der Waals surface area contributed by atoms with Crippen LogP contribution in [0.25, 0.3) is 21.8 Å². The summed E-state index contributed by atoms with van der Waals surface area (Å²) in [6.07, 6.45) is 3.36. The molecule has 0 bridgehead atoms. The topological polar surface area (TPSA) is 42.9 Å². The van der Waals surface area contributed by atoms with Gasteiger partial charge in [0, 0.05) is 23.2 Å². The summed E-state index contributed by atoms with van der Waals surface area (Å²) in [5.41, 5.74) is 1.38. The van der Waals surface area contributed by atoms with Crippen LogP contribution in [0.15, 0.2) is 53.6 Å². The fourth-order valence-corrected chi connectivity index (χ4v) is 1.79. The van der Waals surface area contributed by atoms with Crippen LogP contribution < -0.4 is 5.43 Å². The quantitative estimate of drug-likeness (QED) is 0.568. The standard InChI is InChI=1S/C13H8N2O/c16-13-9-3-1-7-14-11(9)5-6-12-10(13)4-2-8-15-12/h1-8H. The van der Waals surface area contributed by atoms with Crippen molar-refractivity contribution >= 4 is 21.8 Å². The van der Waals surface area contributed by atoms with Gasteiger partial charge in [-0.2, -0.15) is 0 Å². The van der Waals surface area contributed by atoms with E-state index in [1.807, 2.05) is 12.1 Å². The summed E-state index contributed by atoms with van der Waals surface area (Å²) in [5, 5.41) is 1.26. The Labute approximate surface area is 91.4 Å². The lowest BCUT2D eigenvalue weighted by Crippen LogP contribution is -1.98. The van der Waals surface area contributed by atoms with Crippen LogP contribution in [0.5, 0.6) is 0 Å². The van der Waals surface area contributed by atoms with E-state index < -0.39 is 0 Å². The first-order valence-corrected chi connectivity index (χ1v) is 4.99. The van der Waals surface area contributed by atoms with E-state index >= 15 is 0 Å². The van der Waals surface area contributed by atoms with Gasteiger partial charge in [-0.3, -0.25) is 14.8 Å². The minimum absolute atomic E-state index is 0.0174. The summed E-state index contributed by atoms with van der Waals surface area (Å²) in [6.45, 7) is 0. The molecule has 0 aliphatic rings. The van der Waals surface area contributed by atoms with Gasteiger partial charge in [0.1, 0.15) is 0 Å². The van der Waals surface area contributed by atoms with Gasteiger partial charge in [0.15, 0.2) is 5.43 Å². The number of fused-ring (bicyclic) bond motifs is 2. The predicted octanol–water partition coefficient (Wildman–Crippen LogP) is 2.14. The molecule has 3 aromatic rings. The second-order valence-corrected chi connectivity index (χ2v) is 3.53. The Morgan fingerprint density at radius 1 is 0.750 bits per heavy atom. The van der Waals surface area contributed by atoms with Crippen molar-refractivity contribution < 1.29 is 0 Å². The first-order valence-electron chi connectivity index (χ1n) is 4.99. The fraction of sp³-hybridized carbons (Fsp3) is 0. The summed E-state index contributed by atoms with van der Waals surface area (Å²) in [6, 6.07) is 10.8. The average Bonchev–Trinajstić information content (AvgIpc) is 2.49. The van der Waals surface area contributed by atoms with Gasteiger partial charge in [-0.25, -0.2) is 0 Å². The van der Waals surface area contributed by atoms with Crippen molar-refractivity contribution in [2.24, 2.45) is 0 Å². The molecular weight excluding hydrogens is 200 g/mol. The minimum atomic E-state index is -0.0174. The number of rotatable bonds is 0. The van der Waals surface area contributed by atoms with E-state index in [1.165, 1.54) is 0 Å². The summed E-state index contributed by atoms with van der Waals surface area (Å²) in [4.78, 5) is 20.6. The van der Waals surface area contributed by atoms with Crippen LogP contribution >= 0.6 is 0 Å². The summed E-state index contributed by atoms with van der Waals surface area (Å²) >= 11 is 0. The van der Waals surface area contributed by atoms with E-state index in [4.69, 9.17) is 0 Å². The average molecular weight is 208 g/mol. The maximum Gasteiger partial charge on any atom is 0.197 e. The molecule has 0 amide bonds. The second-order valence-electron chi connectivity index (χ2n) is 3.53. The predicted molar refractivity (Wildman–Crippen MR) is 63.3 cm³/mol. The highest BCUT2D eigenvalue weighted by Gasteiger charge is 2.01. The zero-order valence-corrected chi connectivity index (χ0v) is 8.42. The first kappa shape index (κ1) is 8.97. The molecule has 0 atom stereocenters. The van der Waals surface area contributed by atoms with Gasteiger partial charge in [-0.05, 0) is 36.4 Å². The lowest BCUT2D eigenvalue weighted by molar-refractivity contribution is 1.41. The molecule has 3 heteroatoms. The van der Waals surface area contributed by atoms with E-state index in [1.54, 1.807) is 36.7 Å².